The van der Waals surface area contributed by atoms with Gasteiger partial charge in [-0.3, -0.25) is 0 Å². The summed E-state index contributed by atoms with van der Waals surface area (Å²) in [5, 5.41) is 9.14. The smallest absolute Gasteiger partial charge is 0.136 e. The largest absolute Gasteiger partial charge is 0.508 e. The average molecular weight is 196 g/mol. The lowest BCUT2D eigenvalue weighted by Gasteiger charge is -2.22. The molecule has 1 saturated heterocycles. The Morgan fingerprint density at radius 1 is 1.38 bits per heavy atom. The van der Waals surface area contributed by atoms with Crippen molar-refractivity contribution in [3.05, 3.63) is 29.8 Å². The molecule has 2 nitrogen and oxygen atoms in total. The van der Waals surface area contributed by atoms with Crippen LogP contribution in [-0.2, 0) is 9.67 Å². The van der Waals surface area contributed by atoms with Gasteiger partial charge >= 0.3 is 0 Å². The maximum Gasteiger partial charge on any atom is 0.136 e. The van der Waals surface area contributed by atoms with Crippen LogP contribution in [0.1, 0.15) is 12.5 Å². The summed E-state index contributed by atoms with van der Waals surface area (Å²) in [6, 6.07) is 7.22. The summed E-state index contributed by atoms with van der Waals surface area (Å²) in [5.74, 6) is 1.34. The fourth-order valence-corrected chi connectivity index (χ4v) is 2.47. The quantitative estimate of drug-likeness (QED) is 0.747. The Hall–Kier alpha value is -0.670. The highest BCUT2D eigenvalue weighted by molar-refractivity contribution is 8.00. The molecule has 0 aliphatic carbocycles. The second-order valence-corrected chi connectivity index (χ2v) is 4.67. The van der Waals surface area contributed by atoms with Crippen LogP contribution in [0.4, 0.5) is 0 Å². The Morgan fingerprint density at radius 3 is 2.62 bits per heavy atom. The van der Waals surface area contributed by atoms with Crippen LogP contribution >= 0.6 is 11.8 Å². The van der Waals surface area contributed by atoms with Crippen molar-refractivity contribution >= 4 is 11.8 Å². The molecule has 1 aromatic carbocycles. The van der Waals surface area contributed by atoms with E-state index in [0.717, 1.165) is 17.9 Å². The molecule has 2 rings (SSSR count). The van der Waals surface area contributed by atoms with Crippen molar-refractivity contribution in [3.63, 3.8) is 0 Å². The molecule has 0 amide bonds. The Labute approximate surface area is 81.9 Å². The van der Waals surface area contributed by atoms with Crippen LogP contribution in [0.2, 0.25) is 0 Å². The minimum atomic E-state index is -0.215. The molecule has 0 spiro atoms. The van der Waals surface area contributed by atoms with Gasteiger partial charge in [0.15, 0.2) is 0 Å². The first-order valence-corrected chi connectivity index (χ1v) is 5.27. The molecule has 70 valence electrons. The first-order valence-electron chi connectivity index (χ1n) is 4.28. The van der Waals surface area contributed by atoms with Gasteiger partial charge in [-0.25, -0.2) is 0 Å². The second-order valence-electron chi connectivity index (χ2n) is 3.19. The van der Waals surface area contributed by atoms with Crippen molar-refractivity contribution in [1.82, 2.24) is 0 Å². The van der Waals surface area contributed by atoms with Gasteiger partial charge in [-0.15, -0.1) is 11.8 Å². The van der Waals surface area contributed by atoms with Gasteiger partial charge < -0.3 is 9.84 Å². The third-order valence-corrected chi connectivity index (χ3v) is 3.51. The molecular weight excluding hydrogens is 184 g/mol. The van der Waals surface area contributed by atoms with Crippen molar-refractivity contribution in [1.29, 1.82) is 0 Å². The van der Waals surface area contributed by atoms with E-state index >= 15 is 0 Å². The molecule has 1 unspecified atom stereocenters. The summed E-state index contributed by atoms with van der Waals surface area (Å²) >= 11 is 1.80. The van der Waals surface area contributed by atoms with Crippen LogP contribution in [0, 0.1) is 0 Å². The Bertz CT molecular complexity index is 288. The molecule has 1 heterocycles. The molecule has 0 bridgehead atoms. The minimum absolute atomic E-state index is 0.215. The highest BCUT2D eigenvalue weighted by Gasteiger charge is 2.32. The van der Waals surface area contributed by atoms with Crippen molar-refractivity contribution in [2.45, 2.75) is 11.9 Å². The summed E-state index contributed by atoms with van der Waals surface area (Å²) < 4.78 is 5.65. The third kappa shape index (κ3) is 1.67. The van der Waals surface area contributed by atoms with Crippen molar-refractivity contribution in [2.24, 2.45) is 0 Å². The van der Waals surface area contributed by atoms with Crippen LogP contribution in [0.25, 0.3) is 0 Å². The van der Waals surface area contributed by atoms with Crippen molar-refractivity contribution in [2.75, 3.05) is 12.4 Å². The number of phenolic OH excluding ortho intramolecular Hbond substituents is 1. The summed E-state index contributed by atoms with van der Waals surface area (Å²) in [6.45, 7) is 2.87. The van der Waals surface area contributed by atoms with Crippen LogP contribution in [0.15, 0.2) is 24.3 Å². The van der Waals surface area contributed by atoms with E-state index in [4.69, 9.17) is 9.84 Å². The molecule has 0 radical (unpaired) electrons. The maximum absolute atomic E-state index is 9.14. The highest BCUT2D eigenvalue weighted by atomic mass is 32.2. The molecular formula is C10H12O2S. The number of hydrogen-bond acceptors (Lipinski definition) is 3. The summed E-state index contributed by atoms with van der Waals surface area (Å²) in [5.41, 5.74) is 1.12. The van der Waals surface area contributed by atoms with Crippen LogP contribution < -0.4 is 0 Å². The maximum atomic E-state index is 9.14. The van der Waals surface area contributed by atoms with E-state index in [0.29, 0.717) is 5.75 Å². The normalized spacial score (nSPS) is 27.8. The van der Waals surface area contributed by atoms with Crippen LogP contribution in [0.5, 0.6) is 5.75 Å². The van der Waals surface area contributed by atoms with E-state index in [-0.39, 0.29) is 4.93 Å². The van der Waals surface area contributed by atoms with Gasteiger partial charge in [-0.2, -0.15) is 0 Å². The number of hydrogen-bond donors (Lipinski definition) is 1. The number of ether oxygens (including phenoxy) is 1. The monoisotopic (exact) mass is 196 g/mol. The first kappa shape index (κ1) is 8.91. The molecule has 13 heavy (non-hydrogen) atoms. The van der Waals surface area contributed by atoms with E-state index in [1.807, 2.05) is 12.1 Å². The summed E-state index contributed by atoms with van der Waals surface area (Å²) in [6.07, 6.45) is 0. The van der Waals surface area contributed by atoms with Crippen molar-refractivity contribution < 1.29 is 9.84 Å². The number of phenols is 1. The molecule has 1 aromatic rings. The molecule has 1 aliphatic heterocycles. The first-order chi connectivity index (χ1) is 6.21. The van der Waals surface area contributed by atoms with Gasteiger partial charge in [0.25, 0.3) is 0 Å². The molecule has 3 heteroatoms. The molecule has 1 fully saturated rings. The lowest BCUT2D eigenvalue weighted by Crippen LogP contribution is -2.15. The Morgan fingerprint density at radius 2 is 2.08 bits per heavy atom. The number of thioether (sulfide) groups is 1. The lowest BCUT2D eigenvalue weighted by atomic mass is 10.1. The van der Waals surface area contributed by atoms with Gasteiger partial charge in [0.1, 0.15) is 10.7 Å². The highest BCUT2D eigenvalue weighted by Crippen LogP contribution is 2.41. The average Bonchev–Trinajstić information content (AvgIpc) is 2.54. The Balaban J connectivity index is 2.29. The van der Waals surface area contributed by atoms with E-state index < -0.39 is 0 Å². The molecule has 1 atom stereocenters. The van der Waals surface area contributed by atoms with Crippen molar-refractivity contribution in [3.8, 4) is 5.75 Å². The summed E-state index contributed by atoms with van der Waals surface area (Å²) in [4.78, 5) is -0.215. The summed E-state index contributed by atoms with van der Waals surface area (Å²) in [7, 11) is 0. The predicted molar refractivity (Wildman–Crippen MR) is 53.9 cm³/mol. The minimum Gasteiger partial charge on any atom is -0.508 e. The molecule has 1 N–H and O–H groups in total. The third-order valence-electron chi connectivity index (χ3n) is 2.23. The van der Waals surface area contributed by atoms with E-state index in [2.05, 4.69) is 6.92 Å². The standard InChI is InChI=1S/C10H12O2S/c1-10(12-6-7-13-10)8-2-4-9(11)5-3-8/h2-5,11H,6-7H2,1H3. The SMILES string of the molecule is CC1(c2ccc(O)cc2)OCCS1. The zero-order valence-electron chi connectivity index (χ0n) is 7.49. The van der Waals surface area contributed by atoms with Crippen LogP contribution in [-0.4, -0.2) is 17.5 Å². The molecule has 0 saturated carbocycles. The van der Waals surface area contributed by atoms with Gasteiger partial charge in [-0.1, -0.05) is 12.1 Å². The van der Waals surface area contributed by atoms with Gasteiger partial charge in [0.05, 0.1) is 6.61 Å². The zero-order chi connectivity index (χ0) is 9.31. The number of benzene rings is 1. The fourth-order valence-electron chi connectivity index (χ4n) is 1.45. The predicted octanol–water partition coefficient (Wildman–Crippen LogP) is 2.33. The lowest BCUT2D eigenvalue weighted by molar-refractivity contribution is 0.0644. The molecule has 1 aliphatic rings. The van der Waals surface area contributed by atoms with Gasteiger partial charge in [0, 0.05) is 5.75 Å². The fraction of sp³-hybridized carbons (Fsp3) is 0.400. The molecule has 0 aromatic heterocycles. The topological polar surface area (TPSA) is 29.5 Å². The van der Waals surface area contributed by atoms with E-state index in [1.54, 1.807) is 23.9 Å². The van der Waals surface area contributed by atoms with E-state index in [1.165, 1.54) is 0 Å². The van der Waals surface area contributed by atoms with Gasteiger partial charge in [-0.05, 0) is 24.6 Å². The number of aromatic hydroxyl groups is 1. The second kappa shape index (κ2) is 3.24. The zero-order valence-corrected chi connectivity index (χ0v) is 8.30. The van der Waals surface area contributed by atoms with E-state index in [9.17, 15) is 0 Å². The number of rotatable bonds is 1. The van der Waals surface area contributed by atoms with Gasteiger partial charge in [0.2, 0.25) is 0 Å². The van der Waals surface area contributed by atoms with Crippen LogP contribution in [0.3, 0.4) is 0 Å². The Kier molecular flexibility index (Phi) is 2.22.